The lowest BCUT2D eigenvalue weighted by atomic mass is 10.1. The molecule has 1 fully saturated rings. The van der Waals surface area contributed by atoms with Crippen molar-refractivity contribution in [3.05, 3.63) is 36.0 Å². The lowest BCUT2D eigenvalue weighted by Gasteiger charge is -2.22. The van der Waals surface area contributed by atoms with Gasteiger partial charge in [0.15, 0.2) is 23.1 Å². The lowest BCUT2D eigenvalue weighted by Crippen LogP contribution is -2.26. The Morgan fingerprint density at radius 1 is 1.41 bits per heavy atom. The maximum atomic E-state index is 11.4. The summed E-state index contributed by atoms with van der Waals surface area (Å²) in [6.07, 6.45) is 1.84. The molecule has 3 aromatic rings. The van der Waals surface area contributed by atoms with E-state index >= 15 is 0 Å². The van der Waals surface area contributed by atoms with Crippen LogP contribution >= 0.6 is 0 Å². The second kappa shape index (κ2) is 5.03. The molecule has 112 valence electrons. The van der Waals surface area contributed by atoms with Gasteiger partial charge in [0.1, 0.15) is 5.78 Å². The minimum absolute atomic E-state index is 0.0503. The molecule has 0 aliphatic carbocycles. The molecule has 7 heteroatoms. The first kappa shape index (κ1) is 13.1. The van der Waals surface area contributed by atoms with Gasteiger partial charge in [-0.05, 0) is 19.1 Å². The first-order chi connectivity index (χ1) is 10.7. The summed E-state index contributed by atoms with van der Waals surface area (Å²) < 4.78 is 12.3. The number of hydrogen-bond donors (Lipinski definition) is 0. The SMILES string of the molecule is CC(=O)Cc1cc2nc(C3COC3)nn2c(-c2ccco2)n1. The molecule has 0 unspecified atom stereocenters. The largest absolute Gasteiger partial charge is 0.461 e. The Labute approximate surface area is 125 Å². The maximum Gasteiger partial charge on any atom is 0.199 e. The molecule has 4 heterocycles. The topological polar surface area (TPSA) is 82.5 Å². The fourth-order valence-electron chi connectivity index (χ4n) is 2.42. The van der Waals surface area contributed by atoms with Crippen LogP contribution in [0.3, 0.4) is 0 Å². The van der Waals surface area contributed by atoms with Crippen LogP contribution in [-0.4, -0.2) is 38.6 Å². The number of carbonyl (C=O) groups excluding carboxylic acids is 1. The lowest BCUT2D eigenvalue weighted by molar-refractivity contribution is -0.116. The second-order valence-corrected chi connectivity index (χ2v) is 5.40. The van der Waals surface area contributed by atoms with Crippen LogP contribution in [-0.2, 0) is 16.0 Å². The molecule has 22 heavy (non-hydrogen) atoms. The zero-order valence-electron chi connectivity index (χ0n) is 12.0. The van der Waals surface area contributed by atoms with Crippen LogP contribution in [0, 0.1) is 0 Å². The van der Waals surface area contributed by atoms with Gasteiger partial charge in [-0.1, -0.05) is 0 Å². The van der Waals surface area contributed by atoms with E-state index in [2.05, 4.69) is 15.1 Å². The van der Waals surface area contributed by atoms with Crippen molar-refractivity contribution in [1.29, 1.82) is 0 Å². The first-order valence-electron chi connectivity index (χ1n) is 7.08. The molecule has 0 spiro atoms. The summed E-state index contributed by atoms with van der Waals surface area (Å²) in [5, 5.41) is 4.53. The van der Waals surface area contributed by atoms with E-state index in [4.69, 9.17) is 9.15 Å². The predicted octanol–water partition coefficient (Wildman–Crippen LogP) is 1.63. The van der Waals surface area contributed by atoms with Gasteiger partial charge in [-0.2, -0.15) is 4.52 Å². The van der Waals surface area contributed by atoms with Gasteiger partial charge in [0.05, 0.1) is 31.1 Å². The number of ketones is 1. The third kappa shape index (κ3) is 2.19. The first-order valence-corrected chi connectivity index (χ1v) is 7.08. The third-order valence-corrected chi connectivity index (χ3v) is 3.57. The van der Waals surface area contributed by atoms with Gasteiger partial charge in [-0.25, -0.2) is 9.97 Å². The number of ether oxygens (including phenoxy) is 1. The highest BCUT2D eigenvalue weighted by Gasteiger charge is 2.26. The summed E-state index contributed by atoms with van der Waals surface area (Å²) in [5.74, 6) is 2.16. The van der Waals surface area contributed by atoms with Gasteiger partial charge in [-0.15, -0.1) is 5.10 Å². The van der Waals surface area contributed by atoms with Gasteiger partial charge in [-0.3, -0.25) is 4.79 Å². The minimum atomic E-state index is 0.0503. The van der Waals surface area contributed by atoms with Crippen LogP contribution in [0.4, 0.5) is 0 Å². The van der Waals surface area contributed by atoms with Gasteiger partial charge in [0, 0.05) is 12.5 Å². The number of Topliss-reactive ketones (excluding diaryl/α,β-unsaturated/α-hetero) is 1. The van der Waals surface area contributed by atoms with Crippen LogP contribution in [0.5, 0.6) is 0 Å². The van der Waals surface area contributed by atoms with E-state index in [0.29, 0.717) is 36.1 Å². The zero-order chi connectivity index (χ0) is 15.1. The minimum Gasteiger partial charge on any atom is -0.461 e. The maximum absolute atomic E-state index is 11.4. The molecule has 3 aromatic heterocycles. The summed E-state index contributed by atoms with van der Waals surface area (Å²) in [5.41, 5.74) is 1.33. The number of furan rings is 1. The van der Waals surface area contributed by atoms with Crippen molar-refractivity contribution >= 4 is 11.4 Å². The van der Waals surface area contributed by atoms with Crippen molar-refractivity contribution in [2.75, 3.05) is 13.2 Å². The molecule has 0 aromatic carbocycles. The summed E-state index contributed by atoms with van der Waals surface area (Å²) in [4.78, 5) is 20.5. The van der Waals surface area contributed by atoms with Gasteiger partial charge in [0.25, 0.3) is 0 Å². The Hall–Kier alpha value is -2.54. The fourth-order valence-corrected chi connectivity index (χ4v) is 2.42. The standard InChI is InChI=1S/C15H14N4O3/c1-9(20)5-11-6-13-17-14(10-7-21-8-10)18-19(13)15(16-11)12-3-2-4-22-12/h2-4,6,10H,5,7-8H2,1H3. The quantitative estimate of drug-likeness (QED) is 0.728. The highest BCUT2D eigenvalue weighted by Crippen LogP contribution is 2.24. The van der Waals surface area contributed by atoms with Gasteiger partial charge >= 0.3 is 0 Å². The number of nitrogens with zero attached hydrogens (tertiary/aromatic N) is 4. The van der Waals surface area contributed by atoms with Crippen molar-refractivity contribution in [2.24, 2.45) is 0 Å². The average molecular weight is 298 g/mol. The predicted molar refractivity (Wildman–Crippen MR) is 76.4 cm³/mol. The van der Waals surface area contributed by atoms with Crippen LogP contribution in [0.1, 0.15) is 24.4 Å². The van der Waals surface area contributed by atoms with E-state index < -0.39 is 0 Å². The molecule has 0 saturated carbocycles. The van der Waals surface area contributed by atoms with Crippen LogP contribution in [0.2, 0.25) is 0 Å². The molecule has 4 rings (SSSR count). The average Bonchev–Trinajstić information content (AvgIpc) is 3.03. The van der Waals surface area contributed by atoms with Crippen molar-refractivity contribution in [3.8, 4) is 11.6 Å². The van der Waals surface area contributed by atoms with Crippen LogP contribution < -0.4 is 0 Å². The highest BCUT2D eigenvalue weighted by atomic mass is 16.5. The third-order valence-electron chi connectivity index (χ3n) is 3.57. The molecule has 0 amide bonds. The van der Waals surface area contributed by atoms with Crippen LogP contribution in [0.15, 0.2) is 28.9 Å². The molecule has 0 bridgehead atoms. The normalized spacial score (nSPS) is 15.1. The Balaban J connectivity index is 1.88. The number of carbonyl (C=O) groups is 1. The Morgan fingerprint density at radius 3 is 2.91 bits per heavy atom. The molecular formula is C15H14N4O3. The van der Waals surface area contributed by atoms with Crippen molar-refractivity contribution in [3.63, 3.8) is 0 Å². The van der Waals surface area contributed by atoms with Gasteiger partial charge in [0.2, 0.25) is 0 Å². The molecule has 1 aliphatic rings. The van der Waals surface area contributed by atoms with Gasteiger partial charge < -0.3 is 9.15 Å². The molecule has 0 atom stereocenters. The van der Waals surface area contributed by atoms with Crippen molar-refractivity contribution in [1.82, 2.24) is 19.6 Å². The smallest absolute Gasteiger partial charge is 0.199 e. The Bertz CT molecular complexity index is 834. The molecule has 0 radical (unpaired) electrons. The fraction of sp³-hybridized carbons (Fsp3) is 0.333. The Kier molecular flexibility index (Phi) is 3.00. The number of aromatic nitrogens is 4. The molecular weight excluding hydrogens is 284 g/mol. The summed E-state index contributed by atoms with van der Waals surface area (Å²) >= 11 is 0. The number of rotatable bonds is 4. The summed E-state index contributed by atoms with van der Waals surface area (Å²) in [6, 6.07) is 5.40. The Morgan fingerprint density at radius 2 is 2.27 bits per heavy atom. The zero-order valence-corrected chi connectivity index (χ0v) is 12.0. The second-order valence-electron chi connectivity index (χ2n) is 5.40. The number of hydrogen-bond acceptors (Lipinski definition) is 6. The van der Waals surface area contributed by atoms with E-state index in [1.807, 2.05) is 6.07 Å². The molecule has 0 N–H and O–H groups in total. The van der Waals surface area contributed by atoms with E-state index in [1.54, 1.807) is 29.8 Å². The molecule has 1 aliphatic heterocycles. The molecule has 7 nitrogen and oxygen atoms in total. The summed E-state index contributed by atoms with van der Waals surface area (Å²) in [7, 11) is 0. The van der Waals surface area contributed by atoms with E-state index in [0.717, 1.165) is 5.82 Å². The summed E-state index contributed by atoms with van der Waals surface area (Å²) in [6.45, 7) is 2.82. The monoisotopic (exact) mass is 298 g/mol. The number of fused-ring (bicyclic) bond motifs is 1. The molecule has 1 saturated heterocycles. The van der Waals surface area contributed by atoms with E-state index in [9.17, 15) is 4.79 Å². The van der Waals surface area contributed by atoms with E-state index in [1.165, 1.54) is 0 Å². The highest BCUT2D eigenvalue weighted by molar-refractivity contribution is 5.78. The van der Waals surface area contributed by atoms with E-state index in [-0.39, 0.29) is 18.1 Å². The van der Waals surface area contributed by atoms with Crippen molar-refractivity contribution < 1.29 is 13.9 Å². The van der Waals surface area contributed by atoms with Crippen molar-refractivity contribution in [2.45, 2.75) is 19.3 Å². The van der Waals surface area contributed by atoms with Crippen LogP contribution in [0.25, 0.3) is 17.2 Å².